The average Bonchev–Trinajstić information content (AvgIpc) is 2.28. The zero-order chi connectivity index (χ0) is 9.19. The number of hydrogen-bond donors (Lipinski definition) is 0. The van der Waals surface area contributed by atoms with Crippen LogP contribution in [-0.2, 0) is 9.47 Å². The van der Waals surface area contributed by atoms with E-state index >= 15 is 0 Å². The van der Waals surface area contributed by atoms with Gasteiger partial charge in [0.05, 0.1) is 6.10 Å². The van der Waals surface area contributed by atoms with Crippen molar-refractivity contribution in [1.29, 1.82) is 0 Å². The van der Waals surface area contributed by atoms with Crippen LogP contribution in [0.1, 0.15) is 40.5 Å². The third-order valence-corrected chi connectivity index (χ3v) is 2.72. The molecule has 0 amide bonds. The van der Waals surface area contributed by atoms with Gasteiger partial charge in [0.25, 0.3) is 0 Å². The van der Waals surface area contributed by atoms with Gasteiger partial charge in [0.2, 0.25) is 0 Å². The number of ether oxygens (including phenoxy) is 2. The van der Waals surface area contributed by atoms with Crippen molar-refractivity contribution in [3.05, 3.63) is 0 Å². The fourth-order valence-electron chi connectivity index (χ4n) is 2.14. The summed E-state index contributed by atoms with van der Waals surface area (Å²) in [6, 6.07) is 0. The fourth-order valence-corrected chi connectivity index (χ4v) is 2.14. The highest BCUT2D eigenvalue weighted by Gasteiger charge is 2.44. The molecule has 1 aliphatic heterocycles. The van der Waals surface area contributed by atoms with Gasteiger partial charge in [-0.15, -0.1) is 0 Å². The average molecular weight is 172 g/mol. The van der Waals surface area contributed by atoms with E-state index in [-0.39, 0.29) is 5.79 Å². The normalized spacial score (nSPS) is 42.0. The van der Waals surface area contributed by atoms with Gasteiger partial charge in [-0.1, -0.05) is 13.8 Å². The lowest BCUT2D eigenvalue weighted by molar-refractivity contribution is -0.240. The Morgan fingerprint density at radius 2 is 2.08 bits per heavy atom. The fraction of sp³-hybridized carbons (Fsp3) is 1.00. The molecule has 0 aromatic carbocycles. The lowest BCUT2D eigenvalue weighted by atomic mass is 9.96. The largest absolute Gasteiger partial charge is 0.350 e. The Balaban J connectivity index is 2.65. The van der Waals surface area contributed by atoms with Gasteiger partial charge in [-0.25, -0.2) is 0 Å². The maximum absolute atomic E-state index is 5.83. The zero-order valence-corrected chi connectivity index (χ0v) is 8.59. The molecule has 72 valence electrons. The van der Waals surface area contributed by atoms with Crippen LogP contribution in [0.4, 0.5) is 0 Å². The standard InChI is InChI=1S/C10H20O2/c1-5-10(11-6-2)8(3)7-9(4)12-10/h8-9H,5-7H2,1-4H3/t8?,9-,10?/m0/s1. The van der Waals surface area contributed by atoms with Crippen LogP contribution >= 0.6 is 0 Å². The molecule has 1 rings (SSSR count). The van der Waals surface area contributed by atoms with Crippen molar-refractivity contribution in [1.82, 2.24) is 0 Å². The van der Waals surface area contributed by atoms with Crippen LogP contribution in [0.2, 0.25) is 0 Å². The molecule has 2 unspecified atom stereocenters. The summed E-state index contributed by atoms with van der Waals surface area (Å²) in [6.07, 6.45) is 2.42. The summed E-state index contributed by atoms with van der Waals surface area (Å²) in [6.45, 7) is 9.22. The van der Waals surface area contributed by atoms with Crippen molar-refractivity contribution in [3.8, 4) is 0 Å². The summed E-state index contributed by atoms with van der Waals surface area (Å²) in [5.74, 6) is 0.242. The van der Waals surface area contributed by atoms with Crippen molar-refractivity contribution in [2.75, 3.05) is 6.61 Å². The maximum Gasteiger partial charge on any atom is 0.170 e. The molecule has 2 nitrogen and oxygen atoms in total. The summed E-state index contributed by atoms with van der Waals surface area (Å²) in [4.78, 5) is 0. The molecule has 0 N–H and O–H groups in total. The second kappa shape index (κ2) is 3.75. The van der Waals surface area contributed by atoms with Crippen molar-refractivity contribution in [3.63, 3.8) is 0 Å². The topological polar surface area (TPSA) is 18.5 Å². The Labute approximate surface area is 75.2 Å². The molecule has 12 heavy (non-hydrogen) atoms. The number of hydrogen-bond acceptors (Lipinski definition) is 2. The molecule has 2 heteroatoms. The van der Waals surface area contributed by atoms with E-state index in [0.29, 0.717) is 12.0 Å². The van der Waals surface area contributed by atoms with E-state index in [0.717, 1.165) is 19.4 Å². The first-order chi connectivity index (χ1) is 5.64. The van der Waals surface area contributed by atoms with Crippen LogP contribution in [0.3, 0.4) is 0 Å². The predicted octanol–water partition coefficient (Wildman–Crippen LogP) is 2.57. The van der Waals surface area contributed by atoms with E-state index in [1.807, 2.05) is 6.92 Å². The quantitative estimate of drug-likeness (QED) is 0.651. The minimum absolute atomic E-state index is 0.284. The van der Waals surface area contributed by atoms with Crippen LogP contribution in [-0.4, -0.2) is 18.5 Å². The van der Waals surface area contributed by atoms with Crippen LogP contribution in [0.5, 0.6) is 0 Å². The molecule has 1 aliphatic rings. The van der Waals surface area contributed by atoms with Crippen LogP contribution < -0.4 is 0 Å². The summed E-state index contributed by atoms with van der Waals surface area (Å²) in [5, 5.41) is 0. The highest BCUT2D eigenvalue weighted by molar-refractivity contribution is 4.84. The second-order valence-electron chi connectivity index (χ2n) is 3.66. The Morgan fingerprint density at radius 3 is 2.42 bits per heavy atom. The number of rotatable bonds is 3. The summed E-state index contributed by atoms with van der Waals surface area (Å²) < 4.78 is 11.5. The maximum atomic E-state index is 5.83. The molecule has 1 heterocycles. The van der Waals surface area contributed by atoms with E-state index in [1.165, 1.54) is 0 Å². The molecule has 3 atom stereocenters. The predicted molar refractivity (Wildman–Crippen MR) is 49.0 cm³/mol. The Hall–Kier alpha value is -0.0800. The van der Waals surface area contributed by atoms with Crippen molar-refractivity contribution >= 4 is 0 Å². The summed E-state index contributed by atoms with van der Waals surface area (Å²) in [5.41, 5.74) is 0. The van der Waals surface area contributed by atoms with Crippen LogP contribution in [0.25, 0.3) is 0 Å². The molecule has 0 radical (unpaired) electrons. The molecule has 0 bridgehead atoms. The molecule has 0 aromatic rings. The molecular weight excluding hydrogens is 152 g/mol. The van der Waals surface area contributed by atoms with Gasteiger partial charge in [-0.2, -0.15) is 0 Å². The smallest absolute Gasteiger partial charge is 0.170 e. The minimum Gasteiger partial charge on any atom is -0.350 e. The van der Waals surface area contributed by atoms with Gasteiger partial charge in [0.1, 0.15) is 0 Å². The molecule has 1 fully saturated rings. The Kier molecular flexibility index (Phi) is 3.13. The summed E-state index contributed by atoms with van der Waals surface area (Å²) in [7, 11) is 0. The lowest BCUT2D eigenvalue weighted by Crippen LogP contribution is -2.37. The second-order valence-corrected chi connectivity index (χ2v) is 3.66. The molecule has 0 spiro atoms. The Morgan fingerprint density at radius 1 is 1.42 bits per heavy atom. The molecule has 0 saturated carbocycles. The first-order valence-corrected chi connectivity index (χ1v) is 4.96. The van der Waals surface area contributed by atoms with E-state index in [4.69, 9.17) is 9.47 Å². The zero-order valence-electron chi connectivity index (χ0n) is 8.59. The van der Waals surface area contributed by atoms with Crippen molar-refractivity contribution < 1.29 is 9.47 Å². The van der Waals surface area contributed by atoms with Gasteiger partial charge in [0.15, 0.2) is 5.79 Å². The lowest BCUT2D eigenvalue weighted by Gasteiger charge is -2.31. The molecular formula is C10H20O2. The van der Waals surface area contributed by atoms with Gasteiger partial charge in [-0.05, 0) is 26.7 Å². The van der Waals surface area contributed by atoms with Crippen molar-refractivity contribution in [2.24, 2.45) is 5.92 Å². The van der Waals surface area contributed by atoms with Crippen LogP contribution in [0.15, 0.2) is 0 Å². The summed E-state index contributed by atoms with van der Waals surface area (Å²) >= 11 is 0. The van der Waals surface area contributed by atoms with E-state index in [1.54, 1.807) is 0 Å². The Bertz CT molecular complexity index is 147. The first-order valence-electron chi connectivity index (χ1n) is 4.96. The first kappa shape index (κ1) is 10.0. The van der Waals surface area contributed by atoms with Crippen LogP contribution in [0, 0.1) is 5.92 Å². The van der Waals surface area contributed by atoms with Gasteiger partial charge in [0, 0.05) is 12.5 Å². The third kappa shape index (κ3) is 1.64. The highest BCUT2D eigenvalue weighted by atomic mass is 16.7. The monoisotopic (exact) mass is 172 g/mol. The highest BCUT2D eigenvalue weighted by Crippen LogP contribution is 2.39. The third-order valence-electron chi connectivity index (χ3n) is 2.72. The molecule has 1 saturated heterocycles. The van der Waals surface area contributed by atoms with E-state index in [9.17, 15) is 0 Å². The van der Waals surface area contributed by atoms with Gasteiger partial charge >= 0.3 is 0 Å². The van der Waals surface area contributed by atoms with Gasteiger partial charge in [-0.3, -0.25) is 0 Å². The van der Waals surface area contributed by atoms with E-state index in [2.05, 4.69) is 20.8 Å². The molecule has 0 aromatic heterocycles. The van der Waals surface area contributed by atoms with Gasteiger partial charge < -0.3 is 9.47 Å². The molecule has 0 aliphatic carbocycles. The van der Waals surface area contributed by atoms with Crippen molar-refractivity contribution in [2.45, 2.75) is 52.4 Å². The SMILES string of the molecule is CCOC1(CC)O[C@@H](C)CC1C. The van der Waals surface area contributed by atoms with E-state index < -0.39 is 0 Å². The minimum atomic E-state index is -0.284.